The van der Waals surface area contributed by atoms with Gasteiger partial charge in [0.15, 0.2) is 17.3 Å². The number of anilines is 3. The summed E-state index contributed by atoms with van der Waals surface area (Å²) in [6.07, 6.45) is 4.35. The minimum absolute atomic E-state index is 0.137. The monoisotopic (exact) mass is 482 g/mol. The molecule has 2 aliphatic heterocycles. The van der Waals surface area contributed by atoms with E-state index in [9.17, 15) is 19.8 Å². The Kier molecular flexibility index (Phi) is 5.26. The van der Waals surface area contributed by atoms with E-state index in [0.717, 1.165) is 55.3 Å². The van der Waals surface area contributed by atoms with Crippen LogP contribution in [0.15, 0.2) is 54.7 Å². The van der Waals surface area contributed by atoms with Gasteiger partial charge in [-0.3, -0.25) is 9.59 Å². The van der Waals surface area contributed by atoms with Crippen LogP contribution in [0.5, 0.6) is 11.5 Å². The van der Waals surface area contributed by atoms with Crippen molar-refractivity contribution in [3.63, 3.8) is 0 Å². The highest BCUT2D eigenvalue weighted by atomic mass is 16.3. The molecule has 36 heavy (non-hydrogen) atoms. The van der Waals surface area contributed by atoms with Gasteiger partial charge in [0.1, 0.15) is 11.6 Å². The van der Waals surface area contributed by atoms with Crippen molar-refractivity contribution in [1.82, 2.24) is 9.88 Å². The quantitative estimate of drug-likeness (QED) is 0.537. The minimum Gasteiger partial charge on any atom is -0.507 e. The first-order valence-electron chi connectivity index (χ1n) is 12.0. The Morgan fingerprint density at radius 1 is 0.833 bits per heavy atom. The van der Waals surface area contributed by atoms with Gasteiger partial charge in [-0.05, 0) is 42.5 Å². The zero-order valence-corrected chi connectivity index (χ0v) is 19.9. The van der Waals surface area contributed by atoms with Crippen LogP contribution in [-0.4, -0.2) is 64.9 Å². The van der Waals surface area contributed by atoms with E-state index >= 15 is 0 Å². The van der Waals surface area contributed by atoms with Crippen LogP contribution in [0.4, 0.5) is 17.2 Å². The van der Waals surface area contributed by atoms with Crippen LogP contribution >= 0.6 is 0 Å². The standard InChI is InChI=1S/C28H26N4O4/c1-30-10-12-31(13-11-30)23-9-6-19(15-29-23)32-16-18-5-3-2-4-17(18)14-20-26(32)28(36)25-22(34)8-7-21(33)24(25)27(20)35/h2-9,15,35-36H,10-14,16H2,1H3. The van der Waals surface area contributed by atoms with Crippen molar-refractivity contribution in [3.8, 4) is 11.5 Å². The number of fused-ring (bicyclic) bond motifs is 3. The topological polar surface area (TPSA) is 97.2 Å². The van der Waals surface area contributed by atoms with Crippen molar-refractivity contribution in [2.75, 3.05) is 43.0 Å². The van der Waals surface area contributed by atoms with Crippen LogP contribution in [-0.2, 0) is 13.0 Å². The van der Waals surface area contributed by atoms with E-state index in [2.05, 4.69) is 16.8 Å². The molecule has 182 valence electrons. The Bertz CT molecular complexity index is 1420. The minimum atomic E-state index is -0.509. The van der Waals surface area contributed by atoms with Crippen molar-refractivity contribution >= 4 is 28.8 Å². The molecule has 0 amide bonds. The number of phenolic OH excluding ortho intramolecular Hbond substituents is 2. The van der Waals surface area contributed by atoms with Crippen molar-refractivity contribution in [3.05, 3.63) is 82.6 Å². The molecule has 0 radical (unpaired) electrons. The third-order valence-electron chi connectivity index (χ3n) is 7.35. The van der Waals surface area contributed by atoms with E-state index in [1.807, 2.05) is 41.3 Å². The largest absolute Gasteiger partial charge is 0.507 e. The predicted molar refractivity (Wildman–Crippen MR) is 137 cm³/mol. The number of carbonyl (C=O) groups excluding carboxylic acids is 2. The smallest absolute Gasteiger partial charge is 0.190 e. The van der Waals surface area contributed by atoms with Crippen molar-refractivity contribution < 1.29 is 19.8 Å². The highest BCUT2D eigenvalue weighted by Crippen LogP contribution is 2.50. The number of aromatic hydroxyl groups is 2. The Morgan fingerprint density at radius 3 is 2.17 bits per heavy atom. The Hall–Kier alpha value is -4.17. The van der Waals surface area contributed by atoms with Crippen LogP contribution in [0.25, 0.3) is 0 Å². The molecule has 1 aliphatic carbocycles. The van der Waals surface area contributed by atoms with E-state index in [0.29, 0.717) is 29.9 Å². The molecule has 0 bridgehead atoms. The third-order valence-corrected chi connectivity index (χ3v) is 7.35. The first-order valence-corrected chi connectivity index (χ1v) is 12.0. The number of pyridine rings is 1. The molecule has 0 atom stereocenters. The molecule has 8 nitrogen and oxygen atoms in total. The van der Waals surface area contributed by atoms with Gasteiger partial charge in [-0.2, -0.15) is 0 Å². The Balaban J connectivity index is 1.50. The first-order chi connectivity index (χ1) is 17.4. The second-order valence-corrected chi connectivity index (χ2v) is 9.53. The number of phenols is 2. The van der Waals surface area contributed by atoms with Crippen molar-refractivity contribution in [2.24, 2.45) is 0 Å². The molecule has 1 aromatic heterocycles. The normalized spacial score (nSPS) is 17.5. The van der Waals surface area contributed by atoms with Crippen LogP contribution < -0.4 is 9.80 Å². The summed E-state index contributed by atoms with van der Waals surface area (Å²) in [5, 5.41) is 22.7. The number of nitrogens with zero attached hydrogens (tertiary/aromatic N) is 4. The number of aromatic nitrogens is 1. The van der Waals surface area contributed by atoms with Crippen molar-refractivity contribution in [1.29, 1.82) is 0 Å². The average molecular weight is 483 g/mol. The zero-order chi connectivity index (χ0) is 25.0. The van der Waals surface area contributed by atoms with Gasteiger partial charge in [0.2, 0.25) is 0 Å². The number of piperazine rings is 1. The lowest BCUT2D eigenvalue weighted by atomic mass is 9.87. The summed E-state index contributed by atoms with van der Waals surface area (Å²) in [5.41, 5.74) is 3.15. The molecule has 2 N–H and O–H groups in total. The molecule has 0 unspecified atom stereocenters. The van der Waals surface area contributed by atoms with Gasteiger partial charge in [-0.15, -0.1) is 0 Å². The molecule has 3 aromatic rings. The summed E-state index contributed by atoms with van der Waals surface area (Å²) in [6, 6.07) is 11.8. The molecule has 3 heterocycles. The average Bonchev–Trinajstić information content (AvgIpc) is 3.07. The summed E-state index contributed by atoms with van der Waals surface area (Å²) >= 11 is 0. The van der Waals surface area contributed by atoms with Gasteiger partial charge < -0.3 is 24.9 Å². The zero-order valence-electron chi connectivity index (χ0n) is 19.9. The molecular weight excluding hydrogens is 456 g/mol. The Morgan fingerprint density at radius 2 is 1.50 bits per heavy atom. The van der Waals surface area contributed by atoms with E-state index in [-0.39, 0.29) is 22.6 Å². The van der Waals surface area contributed by atoms with Crippen molar-refractivity contribution in [2.45, 2.75) is 13.0 Å². The summed E-state index contributed by atoms with van der Waals surface area (Å²) < 4.78 is 0. The second kappa shape index (κ2) is 8.49. The number of allylic oxidation sites excluding steroid dienone is 2. The number of benzene rings is 2. The first kappa shape index (κ1) is 22.3. The highest BCUT2D eigenvalue weighted by Gasteiger charge is 2.35. The maximum absolute atomic E-state index is 12.7. The highest BCUT2D eigenvalue weighted by molar-refractivity contribution is 6.25. The van der Waals surface area contributed by atoms with Crippen LogP contribution in [0.3, 0.4) is 0 Å². The number of carbonyl (C=O) groups is 2. The van der Waals surface area contributed by atoms with Crippen LogP contribution in [0.2, 0.25) is 0 Å². The van der Waals surface area contributed by atoms with Gasteiger partial charge in [0.25, 0.3) is 0 Å². The molecule has 2 aromatic carbocycles. The van der Waals surface area contributed by atoms with Gasteiger partial charge in [0, 0.05) is 44.7 Å². The SMILES string of the molecule is CN1CCN(c2ccc(N3Cc4ccccc4Cc4c(O)c5c(c(O)c43)C(=O)C=CC5=O)cn2)CC1. The molecule has 8 heteroatoms. The molecule has 1 saturated heterocycles. The molecule has 3 aliphatic rings. The molecule has 6 rings (SSSR count). The fourth-order valence-corrected chi connectivity index (χ4v) is 5.32. The lowest BCUT2D eigenvalue weighted by Crippen LogP contribution is -2.44. The second-order valence-electron chi connectivity index (χ2n) is 9.53. The summed E-state index contributed by atoms with van der Waals surface area (Å²) in [6.45, 7) is 4.14. The number of hydrogen-bond donors (Lipinski definition) is 2. The summed E-state index contributed by atoms with van der Waals surface area (Å²) in [4.78, 5) is 36.5. The molecular formula is C28H26N4O4. The lowest BCUT2D eigenvalue weighted by molar-refractivity contribution is 0.0989. The van der Waals surface area contributed by atoms with Gasteiger partial charge in [0.05, 0.1) is 28.7 Å². The van der Waals surface area contributed by atoms with E-state index in [4.69, 9.17) is 4.98 Å². The van der Waals surface area contributed by atoms with Gasteiger partial charge in [-0.1, -0.05) is 24.3 Å². The maximum Gasteiger partial charge on any atom is 0.190 e. The molecule has 0 spiro atoms. The number of ketones is 2. The molecule has 1 fully saturated rings. The summed E-state index contributed by atoms with van der Waals surface area (Å²) in [7, 11) is 2.11. The van der Waals surface area contributed by atoms with Gasteiger partial charge in [-0.25, -0.2) is 4.98 Å². The van der Waals surface area contributed by atoms with E-state index in [1.54, 1.807) is 6.20 Å². The summed E-state index contributed by atoms with van der Waals surface area (Å²) in [5.74, 6) is -0.681. The number of likely N-dealkylation sites (N-methyl/N-ethyl adjacent to an activating group) is 1. The van der Waals surface area contributed by atoms with E-state index < -0.39 is 11.6 Å². The number of rotatable bonds is 2. The third kappa shape index (κ3) is 3.53. The van der Waals surface area contributed by atoms with Gasteiger partial charge >= 0.3 is 0 Å². The number of hydrogen-bond acceptors (Lipinski definition) is 8. The molecule has 0 saturated carbocycles. The fraction of sp³-hybridized carbons (Fsp3) is 0.250. The Labute approximate surface area is 208 Å². The van der Waals surface area contributed by atoms with E-state index in [1.165, 1.54) is 0 Å². The fourth-order valence-electron chi connectivity index (χ4n) is 5.32. The maximum atomic E-state index is 12.7. The van der Waals surface area contributed by atoms with Crippen LogP contribution in [0, 0.1) is 0 Å². The lowest BCUT2D eigenvalue weighted by Gasteiger charge is -2.33. The van der Waals surface area contributed by atoms with Crippen LogP contribution in [0.1, 0.15) is 37.4 Å². The predicted octanol–water partition coefficient (Wildman–Crippen LogP) is 3.42.